The fraction of sp³-hybridized carbons (Fsp3) is 0.400. The molecule has 4 rings (SSSR count). The zero-order chi connectivity index (χ0) is 28.2. The van der Waals surface area contributed by atoms with E-state index in [9.17, 15) is 27.9 Å². The van der Waals surface area contributed by atoms with Gasteiger partial charge in [-0.15, -0.1) is 11.3 Å². The van der Waals surface area contributed by atoms with Crippen LogP contribution < -0.4 is 10.1 Å². The summed E-state index contributed by atoms with van der Waals surface area (Å²) in [4.78, 5) is 37.9. The van der Waals surface area contributed by atoms with Crippen LogP contribution in [0, 0.1) is 0 Å². The van der Waals surface area contributed by atoms with Crippen molar-refractivity contribution in [1.82, 2.24) is 25.2 Å². The molecule has 0 saturated carbocycles. The van der Waals surface area contributed by atoms with Crippen LogP contribution in [0.3, 0.4) is 0 Å². The van der Waals surface area contributed by atoms with Crippen LogP contribution in [0.25, 0.3) is 10.6 Å². The van der Waals surface area contributed by atoms with Gasteiger partial charge in [-0.2, -0.15) is 13.2 Å². The molecule has 1 unspecified atom stereocenters. The lowest BCUT2D eigenvalue weighted by atomic mass is 10.1. The minimum Gasteiger partial charge on any atom is -0.491 e. The van der Waals surface area contributed by atoms with Gasteiger partial charge in [0.25, 0.3) is 5.91 Å². The second kappa shape index (κ2) is 11.9. The molecule has 208 valence electrons. The lowest BCUT2D eigenvalue weighted by Crippen LogP contribution is -2.47. The highest BCUT2D eigenvalue weighted by Gasteiger charge is 2.34. The van der Waals surface area contributed by atoms with Crippen molar-refractivity contribution in [3.05, 3.63) is 58.6 Å². The van der Waals surface area contributed by atoms with Crippen LogP contribution in [-0.2, 0) is 17.3 Å². The average Bonchev–Trinajstić information content (AvgIpc) is 3.41. The zero-order valence-corrected chi connectivity index (χ0v) is 21.9. The van der Waals surface area contributed by atoms with E-state index in [2.05, 4.69) is 20.3 Å². The Morgan fingerprint density at radius 1 is 1.23 bits per heavy atom. The SMILES string of the molecule is CCc1cnc(-c2cc(OC[C@@H]3CN(C(=O)O)CCO3)cc(C(=O)NC(C)c3cnc(C(F)(F)F)nc3)c2)s1. The van der Waals surface area contributed by atoms with Gasteiger partial charge in [0.05, 0.1) is 19.2 Å². The molecule has 0 bridgehead atoms. The first kappa shape index (κ1) is 28.2. The molecular formula is C25H26F3N5O5S. The fourth-order valence-electron chi connectivity index (χ4n) is 3.80. The van der Waals surface area contributed by atoms with Gasteiger partial charge in [-0.05, 0) is 31.5 Å². The summed E-state index contributed by atoms with van der Waals surface area (Å²) in [6.07, 6.45) is -1.57. The van der Waals surface area contributed by atoms with Crippen LogP contribution >= 0.6 is 11.3 Å². The molecule has 1 fully saturated rings. The Bertz CT molecular complexity index is 1320. The molecule has 0 spiro atoms. The number of thiazole rings is 1. The maximum absolute atomic E-state index is 13.2. The molecule has 0 aliphatic carbocycles. The molecular weight excluding hydrogens is 539 g/mol. The normalized spacial score (nSPS) is 16.5. The molecule has 2 aromatic heterocycles. The average molecular weight is 566 g/mol. The molecule has 39 heavy (non-hydrogen) atoms. The molecule has 14 heteroatoms. The highest BCUT2D eigenvalue weighted by Crippen LogP contribution is 2.31. The quantitative estimate of drug-likeness (QED) is 0.411. The number of halogens is 3. The van der Waals surface area contributed by atoms with Gasteiger partial charge in [-0.1, -0.05) is 6.92 Å². The Morgan fingerprint density at radius 2 is 1.97 bits per heavy atom. The van der Waals surface area contributed by atoms with Crippen molar-refractivity contribution in [2.45, 2.75) is 38.6 Å². The van der Waals surface area contributed by atoms with Gasteiger partial charge < -0.3 is 24.8 Å². The number of hydrogen-bond donors (Lipinski definition) is 2. The number of aryl methyl sites for hydroxylation is 1. The van der Waals surface area contributed by atoms with Crippen LogP contribution in [0.2, 0.25) is 0 Å². The minimum atomic E-state index is -4.66. The molecule has 1 aliphatic heterocycles. The van der Waals surface area contributed by atoms with Crippen molar-refractivity contribution >= 4 is 23.3 Å². The van der Waals surface area contributed by atoms with Crippen LogP contribution in [-0.4, -0.2) is 69.4 Å². The first-order chi connectivity index (χ1) is 18.5. The molecule has 2 N–H and O–H groups in total. The van der Waals surface area contributed by atoms with Gasteiger partial charge in [0.2, 0.25) is 5.82 Å². The lowest BCUT2D eigenvalue weighted by molar-refractivity contribution is -0.145. The molecule has 10 nitrogen and oxygen atoms in total. The molecule has 2 amide bonds. The van der Waals surface area contributed by atoms with E-state index >= 15 is 0 Å². The number of carboxylic acid groups (broad SMARTS) is 1. The van der Waals surface area contributed by atoms with E-state index < -0.39 is 36.1 Å². The number of hydrogen-bond acceptors (Lipinski definition) is 8. The smallest absolute Gasteiger partial charge is 0.451 e. The molecule has 1 aromatic carbocycles. The Balaban J connectivity index is 1.53. The number of benzene rings is 1. The number of carbonyl (C=O) groups is 2. The van der Waals surface area contributed by atoms with E-state index in [1.165, 1.54) is 22.3 Å². The summed E-state index contributed by atoms with van der Waals surface area (Å²) in [5, 5.41) is 12.7. The van der Waals surface area contributed by atoms with Crippen LogP contribution in [0.15, 0.2) is 36.8 Å². The summed E-state index contributed by atoms with van der Waals surface area (Å²) in [6.45, 7) is 4.35. The van der Waals surface area contributed by atoms with Crippen LogP contribution in [0.1, 0.15) is 46.5 Å². The third kappa shape index (κ3) is 7.20. The summed E-state index contributed by atoms with van der Waals surface area (Å²) in [7, 11) is 0. The number of ether oxygens (including phenoxy) is 2. The van der Waals surface area contributed by atoms with Crippen molar-refractivity contribution in [1.29, 1.82) is 0 Å². The number of aromatic nitrogens is 3. The van der Waals surface area contributed by atoms with Crippen LogP contribution in [0.4, 0.5) is 18.0 Å². The van der Waals surface area contributed by atoms with Gasteiger partial charge >= 0.3 is 12.3 Å². The van der Waals surface area contributed by atoms with E-state index in [1.54, 1.807) is 25.3 Å². The second-order valence-electron chi connectivity index (χ2n) is 8.80. The molecule has 3 aromatic rings. The van der Waals surface area contributed by atoms with Crippen molar-refractivity contribution in [2.75, 3.05) is 26.3 Å². The fourth-order valence-corrected chi connectivity index (χ4v) is 4.63. The van der Waals surface area contributed by atoms with E-state index in [-0.39, 0.29) is 31.9 Å². The predicted molar refractivity (Wildman–Crippen MR) is 135 cm³/mol. The van der Waals surface area contributed by atoms with Crippen molar-refractivity contribution < 1.29 is 37.3 Å². The third-order valence-electron chi connectivity index (χ3n) is 5.94. The molecule has 1 saturated heterocycles. The second-order valence-corrected chi connectivity index (χ2v) is 9.91. The molecule has 1 aliphatic rings. The van der Waals surface area contributed by atoms with Gasteiger partial charge in [0.1, 0.15) is 23.5 Å². The maximum Gasteiger partial charge on any atom is 0.451 e. The number of alkyl halides is 3. The Hall–Kier alpha value is -3.78. The number of amides is 2. The van der Waals surface area contributed by atoms with Crippen molar-refractivity contribution in [3.63, 3.8) is 0 Å². The summed E-state index contributed by atoms with van der Waals surface area (Å²) >= 11 is 1.48. The zero-order valence-electron chi connectivity index (χ0n) is 21.1. The number of carbonyl (C=O) groups excluding carboxylic acids is 1. The first-order valence-corrected chi connectivity index (χ1v) is 12.9. The highest BCUT2D eigenvalue weighted by atomic mass is 32.1. The van der Waals surface area contributed by atoms with Gasteiger partial charge in [-0.3, -0.25) is 4.79 Å². The van der Waals surface area contributed by atoms with E-state index in [4.69, 9.17) is 9.47 Å². The predicted octanol–water partition coefficient (Wildman–Crippen LogP) is 4.43. The van der Waals surface area contributed by atoms with Crippen molar-refractivity contribution in [3.8, 4) is 16.3 Å². The lowest BCUT2D eigenvalue weighted by Gasteiger charge is -2.30. The topological polar surface area (TPSA) is 127 Å². The van der Waals surface area contributed by atoms with E-state index in [1.807, 2.05) is 6.92 Å². The maximum atomic E-state index is 13.2. The molecule has 2 atom stereocenters. The van der Waals surface area contributed by atoms with Crippen molar-refractivity contribution in [2.24, 2.45) is 0 Å². The van der Waals surface area contributed by atoms with E-state index in [0.29, 0.717) is 21.9 Å². The van der Waals surface area contributed by atoms with Crippen LogP contribution in [0.5, 0.6) is 5.75 Å². The monoisotopic (exact) mass is 565 g/mol. The highest BCUT2D eigenvalue weighted by molar-refractivity contribution is 7.15. The number of morpholine rings is 1. The Kier molecular flexibility index (Phi) is 8.65. The third-order valence-corrected chi connectivity index (χ3v) is 7.13. The van der Waals surface area contributed by atoms with E-state index in [0.717, 1.165) is 23.7 Å². The molecule has 0 radical (unpaired) electrons. The Labute approximate surface area is 225 Å². The summed E-state index contributed by atoms with van der Waals surface area (Å²) in [5.41, 5.74) is 1.19. The molecule has 3 heterocycles. The number of nitrogens with zero attached hydrogens (tertiary/aromatic N) is 4. The van der Waals surface area contributed by atoms with Gasteiger partial charge in [0.15, 0.2) is 0 Å². The number of rotatable bonds is 8. The summed E-state index contributed by atoms with van der Waals surface area (Å²) in [6, 6.07) is 4.23. The summed E-state index contributed by atoms with van der Waals surface area (Å²) < 4.78 is 49.9. The minimum absolute atomic E-state index is 0.0612. The standard InChI is InChI=1S/C25H26F3N5O5S/c1-3-20-11-29-22(39-20)16-6-15(7-18(8-16)38-13-19-12-33(24(35)36)4-5-37-19)21(34)32-14(2)17-9-30-23(31-10-17)25(26,27)28/h6-11,14,19H,3-5,12-13H2,1-2H3,(H,32,34)(H,35,36)/t14?,19-/m0/s1. The first-order valence-electron chi connectivity index (χ1n) is 12.1. The number of nitrogens with one attached hydrogen (secondary N) is 1. The van der Waals surface area contributed by atoms with Gasteiger partial charge in [0, 0.05) is 46.7 Å². The largest absolute Gasteiger partial charge is 0.491 e. The summed E-state index contributed by atoms with van der Waals surface area (Å²) in [5.74, 6) is -1.40. The van der Waals surface area contributed by atoms with Gasteiger partial charge in [-0.25, -0.2) is 19.7 Å². The Morgan fingerprint density at radius 3 is 2.62 bits per heavy atom.